The maximum atomic E-state index is 9.37. The molecule has 1 aromatic rings. The summed E-state index contributed by atoms with van der Waals surface area (Å²) >= 11 is 0. The van der Waals surface area contributed by atoms with Crippen molar-refractivity contribution in [3.05, 3.63) is 24.0 Å². The van der Waals surface area contributed by atoms with Gasteiger partial charge in [-0.3, -0.25) is 4.98 Å². The highest BCUT2D eigenvalue weighted by Crippen LogP contribution is 2.17. The smallest absolute Gasteiger partial charge is 0.0931 e. The molecule has 1 N–H and O–H groups in total. The van der Waals surface area contributed by atoms with Crippen LogP contribution in [-0.4, -0.2) is 23.2 Å². The van der Waals surface area contributed by atoms with Gasteiger partial charge in [0.1, 0.15) is 0 Å². The van der Waals surface area contributed by atoms with E-state index in [1.165, 1.54) is 0 Å². The Labute approximate surface area is 103 Å². The number of hydrogen-bond donors (Lipinski definition) is 1. The summed E-state index contributed by atoms with van der Waals surface area (Å²) in [6.07, 6.45) is 1.20. The molecular formula is C13H19N3O. The summed E-state index contributed by atoms with van der Waals surface area (Å²) in [7, 11) is 0. The van der Waals surface area contributed by atoms with Crippen molar-refractivity contribution in [1.82, 2.24) is 4.98 Å². The summed E-state index contributed by atoms with van der Waals surface area (Å²) < 4.78 is 0. The lowest BCUT2D eigenvalue weighted by atomic mass is 10.2. The van der Waals surface area contributed by atoms with E-state index in [-0.39, 0.29) is 5.92 Å². The molecule has 0 radical (unpaired) electrons. The molecule has 0 amide bonds. The van der Waals surface area contributed by atoms with Crippen LogP contribution >= 0.6 is 0 Å². The van der Waals surface area contributed by atoms with Gasteiger partial charge >= 0.3 is 0 Å². The Bertz CT molecular complexity index is 381. The molecular weight excluding hydrogens is 214 g/mol. The van der Waals surface area contributed by atoms with Gasteiger partial charge < -0.3 is 10.0 Å². The molecule has 0 aromatic carbocycles. The second-order valence-corrected chi connectivity index (χ2v) is 4.19. The van der Waals surface area contributed by atoms with Crippen LogP contribution in [0.15, 0.2) is 18.3 Å². The van der Waals surface area contributed by atoms with Crippen LogP contribution in [0.5, 0.6) is 0 Å². The summed E-state index contributed by atoms with van der Waals surface area (Å²) in [6, 6.07) is 5.98. The van der Waals surface area contributed by atoms with Gasteiger partial charge in [-0.05, 0) is 32.9 Å². The molecule has 0 saturated heterocycles. The van der Waals surface area contributed by atoms with E-state index in [1.807, 2.05) is 26.0 Å². The highest BCUT2D eigenvalue weighted by atomic mass is 16.3. The number of aliphatic hydroxyl groups excluding tert-OH is 1. The fourth-order valence-electron chi connectivity index (χ4n) is 1.62. The molecule has 4 nitrogen and oxygen atoms in total. The first-order chi connectivity index (χ1) is 8.08. The molecule has 1 heterocycles. The molecule has 1 unspecified atom stereocenters. The number of aliphatic hydroxyl groups is 1. The molecule has 4 heteroatoms. The molecule has 1 rings (SSSR count). The van der Waals surface area contributed by atoms with E-state index in [0.717, 1.165) is 12.2 Å². The van der Waals surface area contributed by atoms with Crippen molar-refractivity contribution in [2.75, 3.05) is 18.0 Å². The normalized spacial score (nSPS) is 13.8. The van der Waals surface area contributed by atoms with Crippen LogP contribution in [0.3, 0.4) is 0 Å². The van der Waals surface area contributed by atoms with Crippen LogP contribution in [0.2, 0.25) is 0 Å². The van der Waals surface area contributed by atoms with E-state index in [1.54, 1.807) is 13.1 Å². The van der Waals surface area contributed by atoms with Gasteiger partial charge in [-0.2, -0.15) is 5.26 Å². The lowest BCUT2D eigenvalue weighted by Gasteiger charge is -2.24. The van der Waals surface area contributed by atoms with Crippen LogP contribution in [0.1, 0.15) is 32.6 Å². The van der Waals surface area contributed by atoms with Crippen molar-refractivity contribution >= 4 is 5.69 Å². The van der Waals surface area contributed by atoms with Crippen LogP contribution in [0, 0.1) is 17.2 Å². The fraction of sp³-hybridized carbons (Fsp3) is 0.538. The quantitative estimate of drug-likeness (QED) is 0.846. The Hall–Kier alpha value is -1.60. The van der Waals surface area contributed by atoms with E-state index in [9.17, 15) is 5.11 Å². The van der Waals surface area contributed by atoms with Gasteiger partial charge in [-0.25, -0.2) is 0 Å². The van der Waals surface area contributed by atoms with E-state index in [2.05, 4.69) is 16.0 Å². The standard InChI is InChI=1S/C13H19N3O/c1-4-16(9-10(2)7-14)12-5-6-13(11(3)17)15-8-12/h5-6,8,10-11,17H,4,9H2,1-3H3/t10?,11-/m1/s1. The Morgan fingerprint density at radius 1 is 1.47 bits per heavy atom. The number of rotatable bonds is 5. The monoisotopic (exact) mass is 233 g/mol. The average Bonchev–Trinajstić information content (AvgIpc) is 2.35. The Morgan fingerprint density at radius 3 is 2.59 bits per heavy atom. The fourth-order valence-corrected chi connectivity index (χ4v) is 1.62. The Morgan fingerprint density at radius 2 is 2.18 bits per heavy atom. The Balaban J connectivity index is 2.79. The summed E-state index contributed by atoms with van der Waals surface area (Å²) in [5.41, 5.74) is 1.65. The first-order valence-electron chi connectivity index (χ1n) is 5.87. The molecule has 92 valence electrons. The van der Waals surface area contributed by atoms with Crippen LogP contribution in [-0.2, 0) is 0 Å². The van der Waals surface area contributed by atoms with E-state index >= 15 is 0 Å². The van der Waals surface area contributed by atoms with E-state index in [4.69, 9.17) is 5.26 Å². The van der Waals surface area contributed by atoms with Crippen LogP contribution in [0.25, 0.3) is 0 Å². The summed E-state index contributed by atoms with van der Waals surface area (Å²) in [5.74, 6) is -0.00797. The highest BCUT2D eigenvalue weighted by molar-refractivity contribution is 5.44. The summed E-state index contributed by atoms with van der Waals surface area (Å²) in [4.78, 5) is 6.31. The molecule has 0 aliphatic rings. The molecule has 0 aliphatic heterocycles. The maximum absolute atomic E-state index is 9.37. The predicted molar refractivity (Wildman–Crippen MR) is 67.5 cm³/mol. The number of nitriles is 1. The van der Waals surface area contributed by atoms with Gasteiger partial charge in [0.2, 0.25) is 0 Å². The predicted octanol–water partition coefficient (Wildman–Crippen LogP) is 2.12. The van der Waals surface area contributed by atoms with Crippen molar-refractivity contribution in [2.24, 2.45) is 5.92 Å². The minimum absolute atomic E-state index is 0.00797. The number of nitrogens with zero attached hydrogens (tertiary/aromatic N) is 3. The molecule has 0 aliphatic carbocycles. The van der Waals surface area contributed by atoms with Gasteiger partial charge in [0.25, 0.3) is 0 Å². The minimum atomic E-state index is -0.544. The first-order valence-corrected chi connectivity index (χ1v) is 5.87. The Kier molecular flexibility index (Phi) is 4.92. The van der Waals surface area contributed by atoms with Gasteiger partial charge in [0.15, 0.2) is 0 Å². The van der Waals surface area contributed by atoms with Crippen LogP contribution < -0.4 is 4.90 Å². The number of anilines is 1. The third kappa shape index (κ3) is 3.72. The van der Waals surface area contributed by atoms with Gasteiger partial charge in [-0.1, -0.05) is 0 Å². The minimum Gasteiger partial charge on any atom is -0.387 e. The zero-order chi connectivity index (χ0) is 12.8. The van der Waals surface area contributed by atoms with Crippen molar-refractivity contribution in [3.8, 4) is 6.07 Å². The lowest BCUT2D eigenvalue weighted by molar-refractivity contribution is 0.194. The van der Waals surface area contributed by atoms with Crippen molar-refractivity contribution < 1.29 is 5.11 Å². The topological polar surface area (TPSA) is 60.2 Å². The van der Waals surface area contributed by atoms with E-state index < -0.39 is 6.10 Å². The second-order valence-electron chi connectivity index (χ2n) is 4.19. The van der Waals surface area contributed by atoms with Crippen molar-refractivity contribution in [2.45, 2.75) is 26.9 Å². The van der Waals surface area contributed by atoms with Crippen molar-refractivity contribution in [1.29, 1.82) is 5.26 Å². The molecule has 0 fully saturated rings. The third-order valence-corrected chi connectivity index (χ3v) is 2.66. The zero-order valence-corrected chi connectivity index (χ0v) is 10.6. The SMILES string of the molecule is CCN(CC(C)C#N)c1ccc([C@@H](C)O)nc1. The largest absolute Gasteiger partial charge is 0.387 e. The average molecular weight is 233 g/mol. The van der Waals surface area contributed by atoms with Crippen LogP contribution in [0.4, 0.5) is 5.69 Å². The molecule has 0 bridgehead atoms. The van der Waals surface area contributed by atoms with Gasteiger partial charge in [-0.15, -0.1) is 0 Å². The maximum Gasteiger partial charge on any atom is 0.0931 e. The molecule has 17 heavy (non-hydrogen) atoms. The lowest BCUT2D eigenvalue weighted by Crippen LogP contribution is -2.27. The number of hydrogen-bond acceptors (Lipinski definition) is 4. The van der Waals surface area contributed by atoms with Gasteiger partial charge in [0, 0.05) is 13.1 Å². The summed E-state index contributed by atoms with van der Waals surface area (Å²) in [5, 5.41) is 18.2. The highest BCUT2D eigenvalue weighted by Gasteiger charge is 2.10. The molecule has 2 atom stereocenters. The van der Waals surface area contributed by atoms with Gasteiger partial charge in [0.05, 0.1) is 35.7 Å². The third-order valence-electron chi connectivity index (χ3n) is 2.66. The first kappa shape index (κ1) is 13.5. The molecule has 0 spiro atoms. The zero-order valence-electron chi connectivity index (χ0n) is 10.6. The summed E-state index contributed by atoms with van der Waals surface area (Å²) in [6.45, 7) is 7.18. The second kappa shape index (κ2) is 6.21. The number of pyridine rings is 1. The molecule has 0 saturated carbocycles. The number of aromatic nitrogens is 1. The van der Waals surface area contributed by atoms with Crippen molar-refractivity contribution in [3.63, 3.8) is 0 Å². The van der Waals surface area contributed by atoms with E-state index in [0.29, 0.717) is 12.2 Å². The molecule has 1 aromatic heterocycles.